The van der Waals surface area contributed by atoms with E-state index in [1.807, 2.05) is 0 Å². The number of anilines is 1. The van der Waals surface area contributed by atoms with Crippen LogP contribution in [0.4, 0.5) is 18.9 Å². The number of amides is 1. The van der Waals surface area contributed by atoms with E-state index in [-0.39, 0.29) is 11.1 Å². The summed E-state index contributed by atoms with van der Waals surface area (Å²) in [6.45, 7) is -2.02. The van der Waals surface area contributed by atoms with Crippen molar-refractivity contribution in [2.45, 2.75) is 12.7 Å². The minimum absolute atomic E-state index is 0.165. The summed E-state index contributed by atoms with van der Waals surface area (Å²) in [5.41, 5.74) is 6.31. The Labute approximate surface area is 110 Å². The van der Waals surface area contributed by atoms with Crippen LogP contribution in [0, 0.1) is 0 Å². The lowest BCUT2D eigenvalue weighted by Crippen LogP contribution is -2.37. The van der Waals surface area contributed by atoms with Gasteiger partial charge >= 0.3 is 11.9 Å². The summed E-state index contributed by atoms with van der Waals surface area (Å²) in [5, 5.41) is 1.67. The van der Waals surface area contributed by atoms with Crippen molar-refractivity contribution in [3.05, 3.63) is 28.7 Å². The number of fused-ring (bicyclic) bond motifs is 1. The molecule has 9 heteroatoms. The van der Waals surface area contributed by atoms with E-state index < -0.39 is 30.9 Å². The number of rotatable bonds is 3. The van der Waals surface area contributed by atoms with Crippen molar-refractivity contribution in [3.8, 4) is 0 Å². The number of alkyl halides is 3. The number of nitrogen functional groups attached to an aromatic ring is 1. The fourth-order valence-electron chi connectivity index (χ4n) is 1.63. The highest BCUT2D eigenvalue weighted by Crippen LogP contribution is 2.16. The molecule has 1 heterocycles. The number of carbonyl (C=O) groups excluding carboxylic acids is 1. The van der Waals surface area contributed by atoms with E-state index in [0.29, 0.717) is 5.69 Å². The SMILES string of the molecule is Nc1ccc2c(c1)oc(=O)n2CC(=O)NCC(F)(F)F. The van der Waals surface area contributed by atoms with Crippen LogP contribution in [0.1, 0.15) is 0 Å². The van der Waals surface area contributed by atoms with Crippen LogP contribution in [0.15, 0.2) is 27.4 Å². The molecule has 0 saturated heterocycles. The maximum atomic E-state index is 12.0. The number of nitrogens with zero attached hydrogens (tertiary/aromatic N) is 1. The van der Waals surface area contributed by atoms with Crippen LogP contribution in [-0.4, -0.2) is 23.2 Å². The van der Waals surface area contributed by atoms with Crippen molar-refractivity contribution in [1.82, 2.24) is 9.88 Å². The molecule has 0 aliphatic carbocycles. The third-order valence-corrected chi connectivity index (χ3v) is 2.48. The number of hydrogen-bond acceptors (Lipinski definition) is 4. The molecule has 0 unspecified atom stereocenters. The fourth-order valence-corrected chi connectivity index (χ4v) is 1.63. The Morgan fingerprint density at radius 2 is 2.10 bits per heavy atom. The summed E-state index contributed by atoms with van der Waals surface area (Å²) in [7, 11) is 0. The second-order valence-corrected chi connectivity index (χ2v) is 4.07. The molecule has 1 amide bonds. The predicted octanol–water partition coefficient (Wildman–Crippen LogP) is 0.855. The lowest BCUT2D eigenvalue weighted by molar-refractivity contribution is -0.138. The van der Waals surface area contributed by atoms with E-state index in [4.69, 9.17) is 10.2 Å². The average molecular weight is 289 g/mol. The van der Waals surface area contributed by atoms with E-state index in [0.717, 1.165) is 4.57 Å². The molecule has 6 nitrogen and oxygen atoms in total. The highest BCUT2D eigenvalue weighted by molar-refractivity contribution is 5.81. The summed E-state index contributed by atoms with van der Waals surface area (Å²) < 4.78 is 41.6. The molecule has 0 bridgehead atoms. The third-order valence-electron chi connectivity index (χ3n) is 2.48. The predicted molar refractivity (Wildman–Crippen MR) is 64.0 cm³/mol. The van der Waals surface area contributed by atoms with Crippen LogP contribution in [0.2, 0.25) is 0 Å². The van der Waals surface area contributed by atoms with Gasteiger partial charge in [-0.1, -0.05) is 0 Å². The van der Waals surface area contributed by atoms with E-state index in [9.17, 15) is 22.8 Å². The first-order valence-electron chi connectivity index (χ1n) is 5.48. The van der Waals surface area contributed by atoms with E-state index in [1.165, 1.54) is 18.2 Å². The third kappa shape index (κ3) is 3.11. The summed E-state index contributed by atoms with van der Waals surface area (Å²) >= 11 is 0. The molecule has 20 heavy (non-hydrogen) atoms. The normalized spacial score (nSPS) is 11.8. The first-order chi connectivity index (χ1) is 9.26. The van der Waals surface area contributed by atoms with Gasteiger partial charge in [0.25, 0.3) is 0 Å². The number of halogens is 3. The van der Waals surface area contributed by atoms with Crippen molar-refractivity contribution >= 4 is 22.7 Å². The zero-order valence-corrected chi connectivity index (χ0v) is 10.0. The Balaban J connectivity index is 2.19. The van der Waals surface area contributed by atoms with Gasteiger partial charge in [0.15, 0.2) is 5.58 Å². The Bertz CT molecular complexity index is 702. The van der Waals surface area contributed by atoms with Gasteiger partial charge in [-0.2, -0.15) is 13.2 Å². The van der Waals surface area contributed by atoms with Crippen LogP contribution in [0.5, 0.6) is 0 Å². The van der Waals surface area contributed by atoms with Gasteiger partial charge in [-0.3, -0.25) is 9.36 Å². The van der Waals surface area contributed by atoms with Crippen molar-refractivity contribution in [2.75, 3.05) is 12.3 Å². The second-order valence-electron chi connectivity index (χ2n) is 4.07. The van der Waals surface area contributed by atoms with Gasteiger partial charge in [-0.15, -0.1) is 0 Å². The standard InChI is InChI=1S/C11H10F3N3O3/c12-11(13,14)5-16-9(18)4-17-7-2-1-6(15)3-8(7)20-10(17)19/h1-3H,4-5,15H2,(H,16,18). The van der Waals surface area contributed by atoms with Gasteiger partial charge in [0.05, 0.1) is 5.52 Å². The molecule has 0 aliphatic rings. The van der Waals surface area contributed by atoms with Crippen LogP contribution < -0.4 is 16.8 Å². The molecule has 2 rings (SSSR count). The summed E-state index contributed by atoms with van der Waals surface area (Å²) in [6, 6.07) is 4.33. The van der Waals surface area contributed by atoms with Gasteiger partial charge in [-0.25, -0.2) is 4.79 Å². The minimum atomic E-state index is -4.51. The molecule has 0 radical (unpaired) electrons. The molecular formula is C11H10F3N3O3. The Kier molecular flexibility index (Phi) is 3.43. The number of aromatic nitrogens is 1. The molecule has 0 fully saturated rings. The zero-order valence-electron chi connectivity index (χ0n) is 10.0. The molecular weight excluding hydrogens is 279 g/mol. The van der Waals surface area contributed by atoms with Gasteiger partial charge < -0.3 is 15.5 Å². The molecule has 108 valence electrons. The molecule has 0 aliphatic heterocycles. The first-order valence-corrected chi connectivity index (χ1v) is 5.48. The lowest BCUT2D eigenvalue weighted by Gasteiger charge is -2.08. The highest BCUT2D eigenvalue weighted by Gasteiger charge is 2.27. The van der Waals surface area contributed by atoms with Crippen LogP contribution in [-0.2, 0) is 11.3 Å². The van der Waals surface area contributed by atoms with Crippen molar-refractivity contribution < 1.29 is 22.4 Å². The Morgan fingerprint density at radius 3 is 2.75 bits per heavy atom. The summed E-state index contributed by atoms with van der Waals surface area (Å²) in [6.07, 6.45) is -4.51. The minimum Gasteiger partial charge on any atom is -0.408 e. The smallest absolute Gasteiger partial charge is 0.408 e. The molecule has 3 N–H and O–H groups in total. The number of hydrogen-bond donors (Lipinski definition) is 2. The van der Waals surface area contributed by atoms with Crippen molar-refractivity contribution in [3.63, 3.8) is 0 Å². The van der Waals surface area contributed by atoms with Crippen molar-refractivity contribution in [1.29, 1.82) is 0 Å². The summed E-state index contributed by atoms with van der Waals surface area (Å²) in [4.78, 5) is 22.9. The zero-order chi connectivity index (χ0) is 14.9. The second kappa shape index (κ2) is 4.91. The lowest BCUT2D eigenvalue weighted by atomic mass is 10.3. The topological polar surface area (TPSA) is 90.3 Å². The first kappa shape index (κ1) is 14.0. The average Bonchev–Trinajstić information content (AvgIpc) is 2.62. The largest absolute Gasteiger partial charge is 0.420 e. The van der Waals surface area contributed by atoms with E-state index in [1.54, 1.807) is 5.32 Å². The number of nitrogens with two attached hydrogens (primary N) is 1. The van der Waals surface area contributed by atoms with Gasteiger partial charge in [0, 0.05) is 11.8 Å². The summed E-state index contributed by atoms with van der Waals surface area (Å²) in [5.74, 6) is -1.78. The van der Waals surface area contributed by atoms with Gasteiger partial charge in [-0.05, 0) is 12.1 Å². The molecule has 0 atom stereocenters. The van der Waals surface area contributed by atoms with Gasteiger partial charge in [0.1, 0.15) is 13.1 Å². The number of carbonyl (C=O) groups is 1. The van der Waals surface area contributed by atoms with Crippen molar-refractivity contribution in [2.24, 2.45) is 0 Å². The number of oxazole rings is 1. The van der Waals surface area contributed by atoms with E-state index in [2.05, 4.69) is 0 Å². The van der Waals surface area contributed by atoms with Crippen LogP contribution in [0.25, 0.3) is 11.1 Å². The van der Waals surface area contributed by atoms with Crippen LogP contribution in [0.3, 0.4) is 0 Å². The monoisotopic (exact) mass is 289 g/mol. The van der Waals surface area contributed by atoms with Crippen LogP contribution >= 0.6 is 0 Å². The quantitative estimate of drug-likeness (QED) is 0.820. The molecule has 1 aromatic carbocycles. The Hall–Kier alpha value is -2.45. The number of nitrogens with one attached hydrogen (secondary N) is 1. The molecule has 0 saturated carbocycles. The maximum absolute atomic E-state index is 12.0. The molecule has 2 aromatic rings. The number of benzene rings is 1. The van der Waals surface area contributed by atoms with Gasteiger partial charge in [0.2, 0.25) is 5.91 Å². The Morgan fingerprint density at radius 1 is 1.40 bits per heavy atom. The fraction of sp³-hybridized carbons (Fsp3) is 0.273. The maximum Gasteiger partial charge on any atom is 0.420 e. The van der Waals surface area contributed by atoms with E-state index >= 15 is 0 Å². The molecule has 1 aromatic heterocycles. The highest BCUT2D eigenvalue weighted by atomic mass is 19.4. The molecule has 0 spiro atoms.